The molecule has 0 radical (unpaired) electrons. The second-order valence-electron chi connectivity index (χ2n) is 5.28. The summed E-state index contributed by atoms with van der Waals surface area (Å²) in [6, 6.07) is 0.194. The molecule has 0 spiro atoms. The molecule has 1 aliphatic rings. The van der Waals surface area contributed by atoms with Gasteiger partial charge in [0.25, 0.3) is 0 Å². The molecule has 1 saturated heterocycles. The zero-order chi connectivity index (χ0) is 10.6. The van der Waals surface area contributed by atoms with Crippen molar-refractivity contribution in [2.75, 3.05) is 19.7 Å². The van der Waals surface area contributed by atoms with Crippen molar-refractivity contribution in [1.29, 1.82) is 0 Å². The molecule has 14 heavy (non-hydrogen) atoms. The van der Waals surface area contributed by atoms with E-state index in [4.69, 9.17) is 10.5 Å². The summed E-state index contributed by atoms with van der Waals surface area (Å²) < 4.78 is 5.66. The normalized spacial score (nSPS) is 25.3. The molecule has 0 bridgehead atoms. The topological polar surface area (TPSA) is 47.3 Å². The highest BCUT2D eigenvalue weighted by Crippen LogP contribution is 2.15. The quantitative estimate of drug-likeness (QED) is 0.715. The summed E-state index contributed by atoms with van der Waals surface area (Å²) in [5.74, 6) is 0.758. The van der Waals surface area contributed by atoms with E-state index in [1.165, 1.54) is 6.42 Å². The molecule has 2 atom stereocenters. The SMILES string of the molecule is CC(C)(C)OCC(N)C[C@@H]1CCNC1. The number of nitrogens with two attached hydrogens (primary N) is 1. The van der Waals surface area contributed by atoms with Crippen molar-refractivity contribution in [2.24, 2.45) is 11.7 Å². The van der Waals surface area contributed by atoms with E-state index < -0.39 is 0 Å². The van der Waals surface area contributed by atoms with Crippen molar-refractivity contribution < 1.29 is 4.74 Å². The van der Waals surface area contributed by atoms with Crippen LogP contribution >= 0.6 is 0 Å². The molecule has 3 nitrogen and oxygen atoms in total. The van der Waals surface area contributed by atoms with Gasteiger partial charge in [0.1, 0.15) is 0 Å². The maximum absolute atomic E-state index is 6.01. The van der Waals surface area contributed by atoms with E-state index in [2.05, 4.69) is 26.1 Å². The van der Waals surface area contributed by atoms with E-state index >= 15 is 0 Å². The molecule has 0 aromatic carbocycles. The third-order valence-corrected chi connectivity index (χ3v) is 2.53. The van der Waals surface area contributed by atoms with Gasteiger partial charge in [-0.3, -0.25) is 0 Å². The molecule has 3 heteroatoms. The Kier molecular flexibility index (Phi) is 4.35. The fraction of sp³-hybridized carbons (Fsp3) is 1.00. The number of ether oxygens (including phenoxy) is 1. The minimum atomic E-state index is -0.0639. The van der Waals surface area contributed by atoms with Gasteiger partial charge in [-0.15, -0.1) is 0 Å². The Labute approximate surface area is 87.4 Å². The highest BCUT2D eigenvalue weighted by atomic mass is 16.5. The molecule has 1 aliphatic heterocycles. The molecule has 0 aliphatic carbocycles. The van der Waals surface area contributed by atoms with Crippen molar-refractivity contribution in [1.82, 2.24) is 5.32 Å². The van der Waals surface area contributed by atoms with Crippen LogP contribution in [0, 0.1) is 5.92 Å². The van der Waals surface area contributed by atoms with Crippen LogP contribution in [0.2, 0.25) is 0 Å². The zero-order valence-corrected chi connectivity index (χ0v) is 9.68. The van der Waals surface area contributed by atoms with Gasteiger partial charge in [-0.2, -0.15) is 0 Å². The van der Waals surface area contributed by atoms with Crippen LogP contribution in [0.5, 0.6) is 0 Å². The first-order chi connectivity index (χ1) is 6.47. The van der Waals surface area contributed by atoms with Crippen molar-refractivity contribution in [2.45, 2.75) is 45.3 Å². The predicted octanol–water partition coefficient (Wildman–Crippen LogP) is 1.13. The maximum Gasteiger partial charge on any atom is 0.0624 e. The molecule has 0 aromatic heterocycles. The Hall–Kier alpha value is -0.120. The van der Waals surface area contributed by atoms with Crippen molar-refractivity contribution in [3.63, 3.8) is 0 Å². The van der Waals surface area contributed by atoms with Crippen LogP contribution in [0.15, 0.2) is 0 Å². The van der Waals surface area contributed by atoms with E-state index in [0.29, 0.717) is 6.61 Å². The van der Waals surface area contributed by atoms with Crippen molar-refractivity contribution in [3.05, 3.63) is 0 Å². The number of hydrogen-bond donors (Lipinski definition) is 2. The van der Waals surface area contributed by atoms with Crippen molar-refractivity contribution >= 4 is 0 Å². The van der Waals surface area contributed by atoms with Gasteiger partial charge < -0.3 is 15.8 Å². The third-order valence-electron chi connectivity index (χ3n) is 2.53. The minimum Gasteiger partial charge on any atom is -0.374 e. The summed E-state index contributed by atoms with van der Waals surface area (Å²) in [6.07, 6.45) is 2.35. The van der Waals surface area contributed by atoms with E-state index in [0.717, 1.165) is 25.4 Å². The van der Waals surface area contributed by atoms with E-state index in [1.54, 1.807) is 0 Å². The lowest BCUT2D eigenvalue weighted by Gasteiger charge is -2.23. The van der Waals surface area contributed by atoms with Crippen LogP contribution in [0.25, 0.3) is 0 Å². The highest BCUT2D eigenvalue weighted by Gasteiger charge is 2.19. The van der Waals surface area contributed by atoms with Crippen LogP contribution in [0.3, 0.4) is 0 Å². The van der Waals surface area contributed by atoms with Gasteiger partial charge >= 0.3 is 0 Å². The Bertz CT molecular complexity index is 159. The van der Waals surface area contributed by atoms with Gasteiger partial charge in [0.15, 0.2) is 0 Å². The standard InChI is InChI=1S/C11H24N2O/c1-11(2,3)14-8-10(12)6-9-4-5-13-7-9/h9-10,13H,4-8,12H2,1-3H3/t9-,10?/m0/s1. The maximum atomic E-state index is 6.01. The molecule has 0 saturated carbocycles. The number of rotatable bonds is 4. The van der Waals surface area contributed by atoms with Gasteiger partial charge in [0.05, 0.1) is 12.2 Å². The summed E-state index contributed by atoms with van der Waals surface area (Å²) in [6.45, 7) is 9.16. The summed E-state index contributed by atoms with van der Waals surface area (Å²) in [4.78, 5) is 0. The first kappa shape index (κ1) is 12.0. The average molecular weight is 200 g/mol. The lowest BCUT2D eigenvalue weighted by Crippen LogP contribution is -2.33. The van der Waals surface area contributed by atoms with Gasteiger partial charge in [-0.1, -0.05) is 0 Å². The minimum absolute atomic E-state index is 0.0639. The zero-order valence-electron chi connectivity index (χ0n) is 9.68. The fourth-order valence-electron chi connectivity index (χ4n) is 1.77. The van der Waals surface area contributed by atoms with E-state index in [-0.39, 0.29) is 11.6 Å². The third kappa shape index (κ3) is 4.94. The average Bonchev–Trinajstić information content (AvgIpc) is 2.52. The largest absolute Gasteiger partial charge is 0.374 e. The molecule has 1 heterocycles. The lowest BCUT2D eigenvalue weighted by atomic mass is 10.00. The summed E-state index contributed by atoms with van der Waals surface area (Å²) in [7, 11) is 0. The second-order valence-corrected chi connectivity index (χ2v) is 5.28. The Morgan fingerprint density at radius 1 is 1.50 bits per heavy atom. The molecular weight excluding hydrogens is 176 g/mol. The molecule has 84 valence electrons. The first-order valence-corrected chi connectivity index (χ1v) is 5.57. The van der Waals surface area contributed by atoms with Crippen LogP contribution < -0.4 is 11.1 Å². The molecule has 0 amide bonds. The molecular formula is C11H24N2O. The Morgan fingerprint density at radius 3 is 2.71 bits per heavy atom. The predicted molar refractivity (Wildman–Crippen MR) is 59.3 cm³/mol. The van der Waals surface area contributed by atoms with Crippen LogP contribution in [-0.4, -0.2) is 31.3 Å². The number of nitrogens with one attached hydrogen (secondary N) is 1. The summed E-state index contributed by atoms with van der Waals surface area (Å²) in [5, 5.41) is 3.35. The van der Waals surface area contributed by atoms with Crippen LogP contribution in [0.1, 0.15) is 33.6 Å². The van der Waals surface area contributed by atoms with E-state index in [1.807, 2.05) is 0 Å². The molecule has 1 fully saturated rings. The van der Waals surface area contributed by atoms with Gasteiger partial charge in [0.2, 0.25) is 0 Å². The van der Waals surface area contributed by atoms with Gasteiger partial charge in [-0.05, 0) is 52.6 Å². The van der Waals surface area contributed by atoms with Crippen molar-refractivity contribution in [3.8, 4) is 0 Å². The summed E-state index contributed by atoms with van der Waals surface area (Å²) >= 11 is 0. The fourth-order valence-corrected chi connectivity index (χ4v) is 1.77. The smallest absolute Gasteiger partial charge is 0.0624 e. The molecule has 1 unspecified atom stereocenters. The van der Waals surface area contributed by atoms with E-state index in [9.17, 15) is 0 Å². The highest BCUT2D eigenvalue weighted by molar-refractivity contribution is 4.76. The molecule has 3 N–H and O–H groups in total. The second kappa shape index (κ2) is 5.10. The van der Waals surface area contributed by atoms with Crippen LogP contribution in [0.4, 0.5) is 0 Å². The van der Waals surface area contributed by atoms with Gasteiger partial charge in [0, 0.05) is 6.04 Å². The van der Waals surface area contributed by atoms with Crippen LogP contribution in [-0.2, 0) is 4.74 Å². The monoisotopic (exact) mass is 200 g/mol. The molecule has 1 rings (SSSR count). The van der Waals surface area contributed by atoms with Gasteiger partial charge in [-0.25, -0.2) is 0 Å². The first-order valence-electron chi connectivity index (χ1n) is 5.57. The Balaban J connectivity index is 2.12. The molecule has 0 aromatic rings. The number of hydrogen-bond acceptors (Lipinski definition) is 3. The lowest BCUT2D eigenvalue weighted by molar-refractivity contribution is -0.0121. The Morgan fingerprint density at radius 2 is 2.21 bits per heavy atom. The summed E-state index contributed by atoms with van der Waals surface area (Å²) in [5.41, 5.74) is 5.94.